The van der Waals surface area contributed by atoms with Gasteiger partial charge in [-0.3, -0.25) is 19.7 Å². The lowest BCUT2D eigenvalue weighted by atomic mass is 10.0. The Labute approximate surface area is 181 Å². The number of non-ortho nitro benzene ring substituents is 1. The predicted molar refractivity (Wildman–Crippen MR) is 114 cm³/mol. The molecule has 1 aliphatic heterocycles. The molecule has 0 aromatic heterocycles. The van der Waals surface area contributed by atoms with Crippen molar-refractivity contribution in [3.63, 3.8) is 0 Å². The van der Waals surface area contributed by atoms with Crippen LogP contribution in [0, 0.1) is 27.3 Å². The van der Waals surface area contributed by atoms with Crippen LogP contribution in [0.25, 0.3) is 5.57 Å². The second-order valence-corrected chi connectivity index (χ2v) is 6.79. The molecule has 9 heteroatoms. The topological polar surface area (TPSA) is 116 Å². The number of nitrogens with zero attached hydrogens (tertiary/aromatic N) is 3. The lowest BCUT2D eigenvalue weighted by Gasteiger charge is -2.15. The fourth-order valence-electron chi connectivity index (χ4n) is 3.29. The maximum Gasteiger partial charge on any atom is 0.282 e. The van der Waals surface area contributed by atoms with Crippen molar-refractivity contribution >= 4 is 34.4 Å². The summed E-state index contributed by atoms with van der Waals surface area (Å²) >= 11 is 0. The van der Waals surface area contributed by atoms with Crippen LogP contribution < -0.4 is 10.2 Å². The lowest BCUT2D eigenvalue weighted by Crippen LogP contribution is -2.32. The van der Waals surface area contributed by atoms with E-state index in [1.807, 2.05) is 6.07 Å². The zero-order valence-electron chi connectivity index (χ0n) is 16.3. The molecule has 8 nitrogen and oxygen atoms in total. The third-order valence-electron chi connectivity index (χ3n) is 4.80. The Morgan fingerprint density at radius 2 is 1.66 bits per heavy atom. The Kier molecular flexibility index (Phi) is 5.18. The highest BCUT2D eigenvalue weighted by atomic mass is 19.1. The van der Waals surface area contributed by atoms with Gasteiger partial charge in [-0.25, -0.2) is 9.29 Å². The Balaban J connectivity index is 1.81. The van der Waals surface area contributed by atoms with E-state index in [-0.39, 0.29) is 33.9 Å². The minimum absolute atomic E-state index is 0.0153. The number of rotatable bonds is 5. The van der Waals surface area contributed by atoms with Crippen LogP contribution in [0.3, 0.4) is 0 Å². The van der Waals surface area contributed by atoms with Gasteiger partial charge in [-0.05, 0) is 60.2 Å². The summed E-state index contributed by atoms with van der Waals surface area (Å²) in [6, 6.07) is 18.4. The first-order chi connectivity index (χ1) is 15.4. The van der Waals surface area contributed by atoms with E-state index < -0.39 is 22.6 Å². The molecular weight excluding hydrogens is 415 g/mol. The quantitative estimate of drug-likeness (QED) is 0.373. The van der Waals surface area contributed by atoms with Crippen LogP contribution in [0.5, 0.6) is 0 Å². The van der Waals surface area contributed by atoms with Crippen LogP contribution in [-0.4, -0.2) is 16.7 Å². The molecule has 32 heavy (non-hydrogen) atoms. The van der Waals surface area contributed by atoms with Crippen LogP contribution in [0.1, 0.15) is 11.1 Å². The van der Waals surface area contributed by atoms with Crippen molar-refractivity contribution in [3.8, 4) is 6.07 Å². The standard InChI is InChI=1S/C23H13FN4O4/c24-16-2-1-3-17(12-16)26-21-20(15-6-10-19(11-7-15)28(31)32)22(29)27(23(21)30)18-8-4-14(13-25)5-9-18/h1-12,26H. The van der Waals surface area contributed by atoms with E-state index in [1.54, 1.807) is 0 Å². The number of halogens is 1. The van der Waals surface area contributed by atoms with Gasteiger partial charge in [-0.15, -0.1) is 0 Å². The molecule has 2 amide bonds. The molecule has 0 bridgehead atoms. The summed E-state index contributed by atoms with van der Waals surface area (Å²) in [5, 5.41) is 22.8. The zero-order valence-corrected chi connectivity index (χ0v) is 16.3. The summed E-state index contributed by atoms with van der Waals surface area (Å²) in [7, 11) is 0. The van der Waals surface area contributed by atoms with Crippen LogP contribution in [0.4, 0.5) is 21.5 Å². The summed E-state index contributed by atoms with van der Waals surface area (Å²) in [4.78, 5) is 37.9. The summed E-state index contributed by atoms with van der Waals surface area (Å²) < 4.78 is 13.7. The molecule has 156 valence electrons. The van der Waals surface area contributed by atoms with Crippen molar-refractivity contribution in [1.29, 1.82) is 5.26 Å². The second kappa shape index (κ2) is 8.12. The monoisotopic (exact) mass is 428 g/mol. The maximum absolute atomic E-state index is 13.7. The summed E-state index contributed by atoms with van der Waals surface area (Å²) in [6.45, 7) is 0. The molecule has 0 saturated heterocycles. The van der Waals surface area contributed by atoms with Crippen molar-refractivity contribution in [1.82, 2.24) is 0 Å². The fourth-order valence-corrected chi connectivity index (χ4v) is 3.29. The molecule has 0 saturated carbocycles. The first-order valence-electron chi connectivity index (χ1n) is 9.29. The fraction of sp³-hybridized carbons (Fsp3) is 0. The number of carbonyl (C=O) groups excluding carboxylic acids is 2. The van der Waals surface area contributed by atoms with Gasteiger partial charge >= 0.3 is 0 Å². The molecule has 1 aliphatic rings. The molecule has 1 N–H and O–H groups in total. The first kappa shape index (κ1) is 20.4. The van der Waals surface area contributed by atoms with Crippen LogP contribution in [0.15, 0.2) is 78.5 Å². The SMILES string of the molecule is N#Cc1ccc(N2C(=O)C(Nc3cccc(F)c3)=C(c3ccc([N+](=O)[O-])cc3)C2=O)cc1. The largest absolute Gasteiger partial charge is 0.350 e. The van der Waals surface area contributed by atoms with Gasteiger partial charge in [0.1, 0.15) is 11.5 Å². The third-order valence-corrected chi connectivity index (χ3v) is 4.80. The van der Waals surface area contributed by atoms with Gasteiger partial charge < -0.3 is 5.32 Å². The van der Waals surface area contributed by atoms with Crippen LogP contribution in [-0.2, 0) is 9.59 Å². The van der Waals surface area contributed by atoms with E-state index >= 15 is 0 Å². The van der Waals surface area contributed by atoms with Crippen molar-refractivity contribution in [2.75, 3.05) is 10.2 Å². The van der Waals surface area contributed by atoms with Gasteiger partial charge in [-0.2, -0.15) is 5.26 Å². The average molecular weight is 428 g/mol. The van der Waals surface area contributed by atoms with Gasteiger partial charge in [-0.1, -0.05) is 6.07 Å². The highest BCUT2D eigenvalue weighted by Gasteiger charge is 2.40. The van der Waals surface area contributed by atoms with E-state index in [0.29, 0.717) is 5.56 Å². The normalized spacial score (nSPS) is 13.3. The van der Waals surface area contributed by atoms with Crippen LogP contribution in [0.2, 0.25) is 0 Å². The van der Waals surface area contributed by atoms with E-state index in [0.717, 1.165) is 4.90 Å². The lowest BCUT2D eigenvalue weighted by molar-refractivity contribution is -0.384. The second-order valence-electron chi connectivity index (χ2n) is 6.79. The molecule has 3 aromatic carbocycles. The minimum Gasteiger partial charge on any atom is -0.350 e. The first-order valence-corrected chi connectivity index (χ1v) is 9.29. The summed E-state index contributed by atoms with van der Waals surface area (Å²) in [5.74, 6) is -1.88. The minimum atomic E-state index is -0.683. The Bertz CT molecular complexity index is 1330. The number of benzene rings is 3. The zero-order chi connectivity index (χ0) is 22.8. The molecule has 0 fully saturated rings. The molecule has 0 spiro atoms. The van der Waals surface area contributed by atoms with Crippen molar-refractivity contribution in [3.05, 3.63) is 106 Å². The number of hydrogen-bond donors (Lipinski definition) is 1. The summed E-state index contributed by atoms with van der Waals surface area (Å²) in [5.41, 5.74) is 0.849. The van der Waals surface area contributed by atoms with Crippen molar-refractivity contribution in [2.24, 2.45) is 0 Å². The molecule has 0 radical (unpaired) electrons. The molecule has 4 rings (SSSR count). The van der Waals surface area contributed by atoms with Gasteiger partial charge in [0.05, 0.1) is 27.8 Å². The maximum atomic E-state index is 13.7. The Morgan fingerprint density at radius 1 is 0.969 bits per heavy atom. The highest BCUT2D eigenvalue weighted by molar-refractivity contribution is 6.46. The van der Waals surface area contributed by atoms with Gasteiger partial charge in [0.15, 0.2) is 0 Å². The van der Waals surface area contributed by atoms with Crippen molar-refractivity contribution in [2.45, 2.75) is 0 Å². The van der Waals surface area contributed by atoms with Crippen LogP contribution >= 0.6 is 0 Å². The number of nitro benzene ring substituents is 1. The molecule has 1 heterocycles. The number of nitriles is 1. The molecule has 0 atom stereocenters. The molecular formula is C23H13FN4O4. The Morgan fingerprint density at radius 3 is 2.25 bits per heavy atom. The van der Waals surface area contributed by atoms with Gasteiger partial charge in [0.2, 0.25) is 0 Å². The number of nitro groups is 1. The average Bonchev–Trinajstić information content (AvgIpc) is 3.03. The molecule has 0 unspecified atom stereocenters. The molecule has 0 aliphatic carbocycles. The van der Waals surface area contributed by atoms with Crippen molar-refractivity contribution < 1.29 is 18.9 Å². The third kappa shape index (κ3) is 3.68. The Hall–Kier alpha value is -4.84. The summed E-state index contributed by atoms with van der Waals surface area (Å²) in [6.07, 6.45) is 0. The number of carbonyl (C=O) groups is 2. The van der Waals surface area contributed by atoms with E-state index in [9.17, 15) is 24.1 Å². The number of amides is 2. The van der Waals surface area contributed by atoms with E-state index in [1.165, 1.54) is 72.8 Å². The van der Waals surface area contributed by atoms with Gasteiger partial charge in [0, 0.05) is 17.8 Å². The van der Waals surface area contributed by atoms with E-state index in [4.69, 9.17) is 5.26 Å². The highest BCUT2D eigenvalue weighted by Crippen LogP contribution is 2.34. The smallest absolute Gasteiger partial charge is 0.282 e. The number of imide groups is 1. The number of hydrogen-bond acceptors (Lipinski definition) is 6. The molecule has 3 aromatic rings. The van der Waals surface area contributed by atoms with E-state index in [2.05, 4.69) is 5.32 Å². The predicted octanol–water partition coefficient (Wildman–Crippen LogP) is 4.00. The van der Waals surface area contributed by atoms with Gasteiger partial charge in [0.25, 0.3) is 17.5 Å². The number of nitrogens with one attached hydrogen (secondary N) is 1. The number of anilines is 2.